The second-order valence-corrected chi connectivity index (χ2v) is 10.5. The molecule has 7 nitrogen and oxygen atoms in total. The second-order valence-electron chi connectivity index (χ2n) is 10.5. The van der Waals surface area contributed by atoms with Gasteiger partial charge in [0, 0.05) is 53.9 Å². The number of piperazine rings is 1. The van der Waals surface area contributed by atoms with Gasteiger partial charge in [-0.25, -0.2) is 10.0 Å². The Balaban J connectivity index is 1.48. The van der Waals surface area contributed by atoms with Gasteiger partial charge in [0.2, 0.25) is 5.91 Å². The van der Waals surface area contributed by atoms with Crippen LogP contribution in [0, 0.1) is 0 Å². The maximum atomic E-state index is 13.7. The highest BCUT2D eigenvalue weighted by atomic mass is 19.4. The predicted octanol–water partition coefficient (Wildman–Crippen LogP) is 3.49. The van der Waals surface area contributed by atoms with Gasteiger partial charge < -0.3 is 4.90 Å². The number of carbonyl (C=O) groups excluding carboxylic acids is 1. The lowest BCUT2D eigenvalue weighted by molar-refractivity contribution is -0.143. The van der Waals surface area contributed by atoms with Gasteiger partial charge in [-0.15, -0.1) is 0 Å². The number of amides is 1. The highest BCUT2D eigenvalue weighted by molar-refractivity contribution is 5.83. The maximum Gasteiger partial charge on any atom is 0.416 e. The molecule has 0 aromatic heterocycles. The number of nitrogens with two attached hydrogens (primary N) is 1. The summed E-state index contributed by atoms with van der Waals surface area (Å²) in [5.41, 5.74) is 4.43. The van der Waals surface area contributed by atoms with Crippen LogP contribution >= 0.6 is 0 Å². The second kappa shape index (κ2) is 11.3. The molecule has 40 heavy (non-hydrogen) atoms. The zero-order valence-electron chi connectivity index (χ0n) is 22.6. The Bertz CT molecular complexity index is 1150. The molecule has 13 heteroatoms. The summed E-state index contributed by atoms with van der Waals surface area (Å²) in [6.07, 6.45) is -10.0. The summed E-state index contributed by atoms with van der Waals surface area (Å²) >= 11 is 0. The van der Waals surface area contributed by atoms with Gasteiger partial charge in [-0.05, 0) is 35.7 Å². The predicted molar refractivity (Wildman–Crippen MR) is 137 cm³/mol. The van der Waals surface area contributed by atoms with E-state index in [1.54, 1.807) is 0 Å². The number of hydrazine groups is 1. The number of halogens is 6. The summed E-state index contributed by atoms with van der Waals surface area (Å²) in [6, 6.07) is 10.0. The molecule has 2 N–H and O–H groups in total. The van der Waals surface area contributed by atoms with Crippen LogP contribution in [0.15, 0.2) is 48.5 Å². The molecule has 4 rings (SSSR count). The van der Waals surface area contributed by atoms with Gasteiger partial charge in [0.1, 0.15) is 6.04 Å². The normalized spacial score (nSPS) is 23.3. The highest BCUT2D eigenvalue weighted by Gasteiger charge is 2.55. The molecule has 2 aliphatic heterocycles. The zero-order valence-corrected chi connectivity index (χ0v) is 22.6. The lowest BCUT2D eigenvalue weighted by atomic mass is 10.0. The first kappa shape index (κ1) is 30.3. The lowest BCUT2D eigenvalue weighted by Gasteiger charge is -2.42. The van der Waals surface area contributed by atoms with Crippen LogP contribution in [0.25, 0.3) is 0 Å². The standard InChI is InChI=1S/C27H34F6N6O/c1-35(2)39-18-25(39,34)38-13-11-37(12-14-38)23(20-7-5-4-6-8-20)24(40)36(3)10-9-19-15-21(26(28,29)30)17-22(16-19)27(31,32)33/h4-8,15-17,23H,9-14,18,34H2,1-3H3. The third-order valence-electron chi connectivity index (χ3n) is 7.54. The first-order chi connectivity index (χ1) is 18.6. The number of alkyl halides is 6. The number of hydrogen-bond acceptors (Lipinski definition) is 6. The van der Waals surface area contributed by atoms with Crippen LogP contribution in [0.4, 0.5) is 26.3 Å². The molecule has 3 unspecified atom stereocenters. The van der Waals surface area contributed by atoms with Gasteiger partial charge in [-0.1, -0.05) is 30.3 Å². The molecule has 3 atom stereocenters. The molecule has 2 aromatic rings. The quantitative estimate of drug-likeness (QED) is 0.386. The van der Waals surface area contributed by atoms with Crippen molar-refractivity contribution in [2.45, 2.75) is 30.6 Å². The van der Waals surface area contributed by atoms with Crippen LogP contribution in [0.3, 0.4) is 0 Å². The van der Waals surface area contributed by atoms with E-state index in [9.17, 15) is 31.1 Å². The minimum atomic E-state index is -4.93. The van der Waals surface area contributed by atoms with Crippen molar-refractivity contribution in [2.24, 2.45) is 5.73 Å². The van der Waals surface area contributed by atoms with Crippen LogP contribution < -0.4 is 5.73 Å². The Kier molecular flexibility index (Phi) is 8.53. The fourth-order valence-electron chi connectivity index (χ4n) is 5.23. The van der Waals surface area contributed by atoms with Crippen LogP contribution in [0.5, 0.6) is 0 Å². The molecule has 0 spiro atoms. The van der Waals surface area contributed by atoms with Crippen LogP contribution in [0.1, 0.15) is 28.3 Å². The lowest BCUT2D eigenvalue weighted by Crippen LogP contribution is -2.59. The highest BCUT2D eigenvalue weighted by Crippen LogP contribution is 2.37. The Morgan fingerprint density at radius 1 is 0.925 bits per heavy atom. The van der Waals surface area contributed by atoms with E-state index in [0.29, 0.717) is 44.9 Å². The average Bonchev–Trinajstić information content (AvgIpc) is 3.60. The molecular weight excluding hydrogens is 538 g/mol. The van der Waals surface area contributed by atoms with E-state index in [0.717, 1.165) is 5.56 Å². The molecule has 0 bridgehead atoms. The molecule has 0 aliphatic carbocycles. The van der Waals surface area contributed by atoms with Crippen LogP contribution in [0.2, 0.25) is 0 Å². The minimum absolute atomic E-state index is 0.0511. The molecule has 2 fully saturated rings. The number of benzene rings is 2. The average molecular weight is 573 g/mol. The van der Waals surface area contributed by atoms with Gasteiger partial charge in [-0.2, -0.15) is 26.3 Å². The first-order valence-electron chi connectivity index (χ1n) is 12.9. The molecule has 0 saturated carbocycles. The van der Waals surface area contributed by atoms with Gasteiger partial charge in [-0.3, -0.25) is 20.3 Å². The van der Waals surface area contributed by atoms with Crippen molar-refractivity contribution in [3.05, 3.63) is 70.8 Å². The first-order valence-corrected chi connectivity index (χ1v) is 12.9. The molecule has 1 amide bonds. The smallest absolute Gasteiger partial charge is 0.344 e. The van der Waals surface area contributed by atoms with E-state index in [-0.39, 0.29) is 30.5 Å². The Morgan fingerprint density at radius 2 is 1.48 bits per heavy atom. The van der Waals surface area contributed by atoms with Gasteiger partial charge in [0.25, 0.3) is 0 Å². The molecule has 2 aliphatic rings. The summed E-state index contributed by atoms with van der Waals surface area (Å²) in [7, 11) is 5.36. The molecule has 2 saturated heterocycles. The van der Waals surface area contributed by atoms with Crippen molar-refractivity contribution in [3.8, 4) is 0 Å². The van der Waals surface area contributed by atoms with E-state index in [2.05, 4.69) is 4.90 Å². The van der Waals surface area contributed by atoms with Crippen LogP contribution in [-0.4, -0.2) is 96.8 Å². The molecular formula is C27H34F6N6O. The molecule has 2 heterocycles. The Morgan fingerprint density at radius 3 is 1.95 bits per heavy atom. The minimum Gasteiger partial charge on any atom is -0.344 e. The van der Waals surface area contributed by atoms with Crippen LogP contribution in [-0.2, 0) is 23.6 Å². The van der Waals surface area contributed by atoms with Crippen molar-refractivity contribution >= 4 is 5.91 Å². The summed E-state index contributed by atoms with van der Waals surface area (Å²) in [4.78, 5) is 19.3. The van der Waals surface area contributed by atoms with Gasteiger partial charge >= 0.3 is 12.4 Å². The van der Waals surface area contributed by atoms with Crippen molar-refractivity contribution in [3.63, 3.8) is 0 Å². The molecule has 0 radical (unpaired) electrons. The van der Waals surface area contributed by atoms with E-state index in [1.807, 2.05) is 59.3 Å². The number of hydrogen-bond donors (Lipinski definition) is 1. The van der Waals surface area contributed by atoms with Crippen molar-refractivity contribution in [2.75, 3.05) is 60.4 Å². The van der Waals surface area contributed by atoms with Crippen molar-refractivity contribution < 1.29 is 31.1 Å². The SMILES string of the molecule is CN(CCc1cc(C(F)(F)F)cc(C(F)(F)F)c1)C(=O)C(c1ccccc1)N1CCN(C2(N)CN2N(C)C)CC1. The zero-order chi connectivity index (χ0) is 29.5. The summed E-state index contributed by atoms with van der Waals surface area (Å²) < 4.78 is 79.6. The molecule has 2 aromatic carbocycles. The van der Waals surface area contributed by atoms with Gasteiger partial charge in [0.15, 0.2) is 5.79 Å². The van der Waals surface area contributed by atoms with E-state index < -0.39 is 35.3 Å². The number of likely N-dealkylation sites (N-methyl/N-ethyl adjacent to an activating group) is 1. The number of rotatable bonds is 8. The monoisotopic (exact) mass is 572 g/mol. The van der Waals surface area contributed by atoms with E-state index in [4.69, 9.17) is 5.73 Å². The summed E-state index contributed by atoms with van der Waals surface area (Å²) in [5.74, 6) is -0.842. The Labute approximate surface area is 229 Å². The van der Waals surface area contributed by atoms with E-state index in [1.165, 1.54) is 11.9 Å². The van der Waals surface area contributed by atoms with Crippen molar-refractivity contribution in [1.29, 1.82) is 0 Å². The third kappa shape index (κ3) is 6.60. The number of nitrogens with zero attached hydrogens (tertiary/aromatic N) is 5. The summed E-state index contributed by atoms with van der Waals surface area (Å²) in [6.45, 7) is 3.03. The van der Waals surface area contributed by atoms with Crippen molar-refractivity contribution in [1.82, 2.24) is 24.7 Å². The fraction of sp³-hybridized carbons (Fsp3) is 0.519. The third-order valence-corrected chi connectivity index (χ3v) is 7.54. The Hall–Kier alpha value is -2.71. The summed E-state index contributed by atoms with van der Waals surface area (Å²) in [5, 5.41) is 3.98. The largest absolute Gasteiger partial charge is 0.416 e. The number of carbonyl (C=O) groups is 1. The molecule has 220 valence electrons. The van der Waals surface area contributed by atoms with Gasteiger partial charge in [0.05, 0.1) is 17.7 Å². The maximum absolute atomic E-state index is 13.7. The fourth-order valence-corrected chi connectivity index (χ4v) is 5.23. The van der Waals surface area contributed by atoms with E-state index >= 15 is 0 Å². The topological polar surface area (TPSA) is 59.1 Å².